The van der Waals surface area contributed by atoms with Crippen LogP contribution in [0.2, 0.25) is 0 Å². The number of nitrogens with one attached hydrogen (secondary N) is 1. The van der Waals surface area contributed by atoms with Crippen LogP contribution < -0.4 is 5.32 Å². The molecule has 1 aromatic heterocycles. The van der Waals surface area contributed by atoms with Gasteiger partial charge in [-0.2, -0.15) is 0 Å². The van der Waals surface area contributed by atoms with Crippen LogP contribution >= 0.6 is 11.3 Å². The Balaban J connectivity index is 2.04. The van der Waals surface area contributed by atoms with E-state index in [9.17, 15) is 9.18 Å². The summed E-state index contributed by atoms with van der Waals surface area (Å²) in [5.74, 6) is -0.871. The molecule has 1 heterocycles. The van der Waals surface area contributed by atoms with E-state index in [4.69, 9.17) is 0 Å². The minimum absolute atomic E-state index is 0.0849. The van der Waals surface area contributed by atoms with E-state index in [1.54, 1.807) is 23.5 Å². The van der Waals surface area contributed by atoms with Crippen molar-refractivity contribution in [2.75, 3.05) is 0 Å². The average Bonchev–Trinajstić information content (AvgIpc) is 2.72. The van der Waals surface area contributed by atoms with E-state index in [0.717, 1.165) is 10.4 Å². The van der Waals surface area contributed by atoms with Crippen LogP contribution in [0.25, 0.3) is 0 Å². The van der Waals surface area contributed by atoms with Gasteiger partial charge >= 0.3 is 0 Å². The van der Waals surface area contributed by atoms with Gasteiger partial charge in [-0.05, 0) is 36.1 Å². The summed E-state index contributed by atoms with van der Waals surface area (Å²) in [4.78, 5) is 12.8. The van der Waals surface area contributed by atoms with Crippen molar-refractivity contribution in [3.63, 3.8) is 0 Å². The van der Waals surface area contributed by atoms with Gasteiger partial charge in [-0.3, -0.25) is 4.79 Å². The van der Waals surface area contributed by atoms with Gasteiger partial charge < -0.3 is 5.32 Å². The zero-order valence-electron chi connectivity index (χ0n) is 9.37. The molecular weight excluding hydrogens is 237 g/mol. The first-order valence-electron chi connectivity index (χ1n) is 5.24. The number of hydrogen-bond acceptors (Lipinski definition) is 2. The molecule has 88 valence electrons. The molecule has 0 aliphatic heterocycles. The van der Waals surface area contributed by atoms with Gasteiger partial charge in [0.15, 0.2) is 0 Å². The van der Waals surface area contributed by atoms with Crippen LogP contribution in [0, 0.1) is 12.7 Å². The Hall–Kier alpha value is -1.68. The highest BCUT2D eigenvalue weighted by Crippen LogP contribution is 2.15. The van der Waals surface area contributed by atoms with Crippen molar-refractivity contribution < 1.29 is 9.18 Å². The van der Waals surface area contributed by atoms with Crippen LogP contribution in [0.3, 0.4) is 0 Å². The van der Waals surface area contributed by atoms with Crippen LogP contribution in [0.1, 0.15) is 20.8 Å². The molecule has 0 saturated heterocycles. The molecule has 2 rings (SSSR count). The number of halogens is 1. The summed E-state index contributed by atoms with van der Waals surface area (Å²) in [6.45, 7) is 2.43. The van der Waals surface area contributed by atoms with Crippen LogP contribution in [0.15, 0.2) is 35.7 Å². The third-order valence-electron chi connectivity index (χ3n) is 2.50. The summed E-state index contributed by atoms with van der Waals surface area (Å²) < 4.78 is 13.3. The monoisotopic (exact) mass is 249 g/mol. The molecule has 0 bridgehead atoms. The number of hydrogen-bond donors (Lipinski definition) is 1. The largest absolute Gasteiger partial charge is 0.347 e. The lowest BCUT2D eigenvalue weighted by Crippen LogP contribution is -2.23. The van der Waals surface area contributed by atoms with Gasteiger partial charge in [0, 0.05) is 4.88 Å². The maximum atomic E-state index is 13.3. The highest BCUT2D eigenvalue weighted by atomic mass is 32.1. The second-order valence-corrected chi connectivity index (χ2v) is 4.69. The zero-order valence-corrected chi connectivity index (χ0v) is 10.2. The van der Waals surface area contributed by atoms with Gasteiger partial charge in [0.05, 0.1) is 12.1 Å². The minimum atomic E-state index is -0.493. The zero-order chi connectivity index (χ0) is 12.3. The van der Waals surface area contributed by atoms with Crippen molar-refractivity contribution in [2.24, 2.45) is 0 Å². The van der Waals surface area contributed by atoms with Crippen molar-refractivity contribution in [1.82, 2.24) is 5.32 Å². The minimum Gasteiger partial charge on any atom is -0.347 e. The summed E-state index contributed by atoms with van der Waals surface area (Å²) in [7, 11) is 0. The Morgan fingerprint density at radius 3 is 2.76 bits per heavy atom. The van der Waals surface area contributed by atoms with E-state index in [-0.39, 0.29) is 11.5 Å². The van der Waals surface area contributed by atoms with E-state index in [1.165, 1.54) is 12.1 Å². The van der Waals surface area contributed by atoms with Gasteiger partial charge in [0.1, 0.15) is 5.82 Å². The second kappa shape index (κ2) is 5.10. The van der Waals surface area contributed by atoms with Crippen LogP contribution in [-0.4, -0.2) is 5.91 Å². The molecule has 17 heavy (non-hydrogen) atoms. The summed E-state index contributed by atoms with van der Waals surface area (Å²) in [6, 6.07) is 7.97. The molecule has 0 saturated carbocycles. The molecule has 0 fully saturated rings. The molecule has 0 unspecified atom stereocenters. The maximum absolute atomic E-state index is 13.3. The first kappa shape index (κ1) is 11.8. The number of benzene rings is 1. The molecule has 1 amide bonds. The lowest BCUT2D eigenvalue weighted by molar-refractivity contribution is 0.0947. The predicted molar refractivity (Wildman–Crippen MR) is 66.6 cm³/mol. The summed E-state index contributed by atoms with van der Waals surface area (Å²) >= 11 is 1.58. The molecule has 2 nitrogen and oxygen atoms in total. The number of aryl methyl sites for hydroxylation is 1. The Morgan fingerprint density at radius 2 is 2.12 bits per heavy atom. The number of rotatable bonds is 3. The number of amides is 1. The van der Waals surface area contributed by atoms with E-state index >= 15 is 0 Å². The summed E-state index contributed by atoms with van der Waals surface area (Å²) in [6.07, 6.45) is 0. The lowest BCUT2D eigenvalue weighted by Gasteiger charge is -2.05. The van der Waals surface area contributed by atoms with E-state index in [1.807, 2.05) is 18.4 Å². The van der Waals surface area contributed by atoms with Gasteiger partial charge in [0.2, 0.25) is 0 Å². The van der Waals surface area contributed by atoms with Crippen LogP contribution in [0.5, 0.6) is 0 Å². The van der Waals surface area contributed by atoms with Gasteiger partial charge in [-0.25, -0.2) is 4.39 Å². The number of carbonyl (C=O) groups excluding carboxylic acids is 1. The van der Waals surface area contributed by atoms with E-state index in [2.05, 4.69) is 5.32 Å². The molecule has 0 aliphatic carbocycles. The maximum Gasteiger partial charge on any atom is 0.254 e. The SMILES string of the molecule is Cc1ccsc1CNC(=O)c1ccccc1F. The molecule has 0 spiro atoms. The quantitative estimate of drug-likeness (QED) is 0.889. The van der Waals surface area contributed by atoms with Gasteiger partial charge in [-0.15, -0.1) is 11.3 Å². The van der Waals surface area contributed by atoms with Gasteiger partial charge in [-0.1, -0.05) is 12.1 Å². The van der Waals surface area contributed by atoms with Crippen LogP contribution in [0.4, 0.5) is 4.39 Å². The third kappa shape index (κ3) is 2.71. The first-order chi connectivity index (χ1) is 8.18. The van der Waals surface area contributed by atoms with E-state index < -0.39 is 5.82 Å². The highest BCUT2D eigenvalue weighted by molar-refractivity contribution is 7.10. The molecular formula is C13H12FNOS. The summed E-state index contributed by atoms with van der Waals surface area (Å²) in [5.41, 5.74) is 1.23. The number of thiophene rings is 1. The molecule has 0 radical (unpaired) electrons. The topological polar surface area (TPSA) is 29.1 Å². The first-order valence-corrected chi connectivity index (χ1v) is 6.12. The molecule has 2 aromatic rings. The Labute approximate surface area is 103 Å². The van der Waals surface area contributed by atoms with Crippen molar-refractivity contribution >= 4 is 17.2 Å². The fourth-order valence-electron chi connectivity index (χ4n) is 1.49. The molecule has 4 heteroatoms. The van der Waals surface area contributed by atoms with Crippen molar-refractivity contribution in [3.8, 4) is 0 Å². The third-order valence-corrected chi connectivity index (χ3v) is 3.52. The van der Waals surface area contributed by atoms with Crippen molar-refractivity contribution in [3.05, 3.63) is 57.5 Å². The standard InChI is InChI=1S/C13H12FNOS/c1-9-6-7-17-12(9)8-15-13(16)10-4-2-3-5-11(10)14/h2-7H,8H2,1H3,(H,15,16). The average molecular weight is 249 g/mol. The van der Waals surface area contributed by atoms with Gasteiger partial charge in [0.25, 0.3) is 5.91 Å². The second-order valence-electron chi connectivity index (χ2n) is 3.69. The predicted octanol–water partition coefficient (Wildman–Crippen LogP) is 3.13. The lowest BCUT2D eigenvalue weighted by atomic mass is 10.2. The Bertz CT molecular complexity index is 536. The Kier molecular flexibility index (Phi) is 3.54. The van der Waals surface area contributed by atoms with Crippen molar-refractivity contribution in [2.45, 2.75) is 13.5 Å². The fraction of sp³-hybridized carbons (Fsp3) is 0.154. The Morgan fingerprint density at radius 1 is 1.35 bits per heavy atom. The molecule has 1 N–H and O–H groups in total. The number of carbonyl (C=O) groups is 1. The smallest absolute Gasteiger partial charge is 0.254 e. The van der Waals surface area contributed by atoms with Crippen molar-refractivity contribution in [1.29, 1.82) is 0 Å². The normalized spacial score (nSPS) is 10.2. The fourth-order valence-corrected chi connectivity index (χ4v) is 2.33. The van der Waals surface area contributed by atoms with E-state index in [0.29, 0.717) is 6.54 Å². The molecule has 1 aromatic carbocycles. The molecule has 0 atom stereocenters. The highest BCUT2D eigenvalue weighted by Gasteiger charge is 2.10. The summed E-state index contributed by atoms with van der Waals surface area (Å²) in [5, 5.41) is 4.69. The van der Waals surface area contributed by atoms with Crippen LogP contribution in [-0.2, 0) is 6.54 Å². The molecule has 0 aliphatic rings.